The molecule has 0 aromatic heterocycles. The molecule has 0 heteroatoms. The SMILES string of the molecule is CC1=C(CCC(C)C)C(C)=C(C)C(C)C(C)C(C(C)C(C)C)CC1. The van der Waals surface area contributed by atoms with Gasteiger partial charge in [0.05, 0.1) is 0 Å². The minimum absolute atomic E-state index is 0.691. The summed E-state index contributed by atoms with van der Waals surface area (Å²) in [6, 6.07) is 0. The maximum Gasteiger partial charge on any atom is -0.0200 e. The number of rotatable bonds is 5. The maximum absolute atomic E-state index is 2.51. The van der Waals surface area contributed by atoms with Gasteiger partial charge in [-0.2, -0.15) is 0 Å². The summed E-state index contributed by atoms with van der Waals surface area (Å²) in [5, 5.41) is 0. The minimum Gasteiger partial charge on any atom is -0.0698 e. The second-order valence-corrected chi connectivity index (χ2v) is 9.45. The second kappa shape index (κ2) is 9.25. The molecule has 0 N–H and O–H groups in total. The molecule has 1 rings (SSSR count). The van der Waals surface area contributed by atoms with Gasteiger partial charge in [0.2, 0.25) is 0 Å². The van der Waals surface area contributed by atoms with E-state index >= 15 is 0 Å². The van der Waals surface area contributed by atoms with Gasteiger partial charge in [0.15, 0.2) is 0 Å². The van der Waals surface area contributed by atoms with Gasteiger partial charge >= 0.3 is 0 Å². The van der Waals surface area contributed by atoms with Gasteiger partial charge in [-0.05, 0) is 93.1 Å². The van der Waals surface area contributed by atoms with Crippen molar-refractivity contribution in [2.45, 2.75) is 94.9 Å². The van der Waals surface area contributed by atoms with E-state index in [-0.39, 0.29) is 0 Å². The summed E-state index contributed by atoms with van der Waals surface area (Å²) in [7, 11) is 0. The van der Waals surface area contributed by atoms with Crippen molar-refractivity contribution in [3.63, 3.8) is 0 Å². The summed E-state index contributed by atoms with van der Waals surface area (Å²) in [6.07, 6.45) is 5.23. The van der Waals surface area contributed by atoms with Crippen molar-refractivity contribution in [3.05, 3.63) is 22.3 Å². The fourth-order valence-electron chi connectivity index (χ4n) is 4.53. The van der Waals surface area contributed by atoms with Crippen LogP contribution in [0, 0.1) is 35.5 Å². The molecular formula is C24H44. The molecule has 4 atom stereocenters. The molecule has 140 valence electrons. The lowest BCUT2D eigenvalue weighted by Crippen LogP contribution is -2.28. The van der Waals surface area contributed by atoms with E-state index < -0.39 is 0 Å². The third kappa shape index (κ3) is 5.24. The normalized spacial score (nSPS) is 28.2. The third-order valence-electron chi connectivity index (χ3n) is 7.26. The molecule has 0 spiro atoms. The van der Waals surface area contributed by atoms with Gasteiger partial charge in [-0.1, -0.05) is 59.6 Å². The highest BCUT2D eigenvalue weighted by atomic mass is 14.4. The molecule has 0 fully saturated rings. The summed E-state index contributed by atoms with van der Waals surface area (Å²) in [5.74, 6) is 4.67. The van der Waals surface area contributed by atoms with Crippen molar-refractivity contribution < 1.29 is 0 Å². The zero-order valence-electron chi connectivity index (χ0n) is 18.3. The van der Waals surface area contributed by atoms with E-state index in [1.54, 1.807) is 22.3 Å². The van der Waals surface area contributed by atoms with Gasteiger partial charge in [0.25, 0.3) is 0 Å². The van der Waals surface area contributed by atoms with Crippen molar-refractivity contribution in [1.82, 2.24) is 0 Å². The molecule has 1 aliphatic rings. The molecule has 0 heterocycles. The van der Waals surface area contributed by atoms with Gasteiger partial charge < -0.3 is 0 Å². The molecule has 0 aromatic rings. The highest BCUT2D eigenvalue weighted by molar-refractivity contribution is 5.38. The Kier molecular flexibility index (Phi) is 8.30. The fraction of sp³-hybridized carbons (Fsp3) is 0.833. The van der Waals surface area contributed by atoms with E-state index in [1.807, 2.05) is 0 Å². The molecule has 0 amide bonds. The molecule has 0 saturated carbocycles. The first-order valence-corrected chi connectivity index (χ1v) is 10.4. The molecule has 24 heavy (non-hydrogen) atoms. The molecule has 0 aliphatic heterocycles. The van der Waals surface area contributed by atoms with Gasteiger partial charge in [0.1, 0.15) is 0 Å². The zero-order valence-corrected chi connectivity index (χ0v) is 18.3. The van der Waals surface area contributed by atoms with Crippen LogP contribution in [-0.4, -0.2) is 0 Å². The third-order valence-corrected chi connectivity index (χ3v) is 7.26. The molecule has 1 aliphatic carbocycles. The zero-order chi connectivity index (χ0) is 18.6. The van der Waals surface area contributed by atoms with Gasteiger partial charge in [-0.3, -0.25) is 0 Å². The van der Waals surface area contributed by atoms with Crippen LogP contribution in [0.4, 0.5) is 0 Å². The molecule has 0 saturated heterocycles. The van der Waals surface area contributed by atoms with Gasteiger partial charge in [-0.25, -0.2) is 0 Å². The van der Waals surface area contributed by atoms with Crippen LogP contribution in [0.25, 0.3) is 0 Å². The Bertz CT molecular complexity index is 460. The van der Waals surface area contributed by atoms with Crippen molar-refractivity contribution in [3.8, 4) is 0 Å². The van der Waals surface area contributed by atoms with Crippen LogP contribution in [0.15, 0.2) is 22.3 Å². The van der Waals surface area contributed by atoms with Crippen LogP contribution >= 0.6 is 0 Å². The number of allylic oxidation sites excluding steroid dienone is 4. The quantitative estimate of drug-likeness (QED) is 0.477. The van der Waals surface area contributed by atoms with E-state index in [1.165, 1.54) is 25.7 Å². The van der Waals surface area contributed by atoms with Crippen molar-refractivity contribution in [1.29, 1.82) is 0 Å². The van der Waals surface area contributed by atoms with E-state index in [4.69, 9.17) is 0 Å². The smallest absolute Gasteiger partial charge is 0.0200 e. The van der Waals surface area contributed by atoms with E-state index in [2.05, 4.69) is 69.2 Å². The molecule has 0 bridgehead atoms. The lowest BCUT2D eigenvalue weighted by Gasteiger charge is -2.36. The Morgan fingerprint density at radius 1 is 0.958 bits per heavy atom. The molecule has 0 nitrogen and oxygen atoms in total. The summed E-state index contributed by atoms with van der Waals surface area (Å²) in [4.78, 5) is 0. The fourth-order valence-corrected chi connectivity index (χ4v) is 4.53. The average Bonchev–Trinajstić information content (AvgIpc) is 2.53. The minimum atomic E-state index is 0.691. The van der Waals surface area contributed by atoms with E-state index in [0.29, 0.717) is 5.92 Å². The first-order valence-electron chi connectivity index (χ1n) is 10.4. The second-order valence-electron chi connectivity index (χ2n) is 9.45. The highest BCUT2D eigenvalue weighted by Crippen LogP contribution is 2.42. The molecular weight excluding hydrogens is 288 g/mol. The standard InChI is InChI=1S/C24H44/c1-15(2)11-13-23-17(5)12-14-24(18(6)16(3)4)22(10)20(8)19(7)21(23)9/h15-16,18,20,22,24H,11-14H2,1-10H3. The summed E-state index contributed by atoms with van der Waals surface area (Å²) in [5.41, 5.74) is 6.58. The maximum atomic E-state index is 2.51. The predicted molar refractivity (Wildman–Crippen MR) is 110 cm³/mol. The Labute approximate surface area is 153 Å². The van der Waals surface area contributed by atoms with Crippen LogP contribution in [-0.2, 0) is 0 Å². The number of hydrogen-bond donors (Lipinski definition) is 0. The molecule has 0 aromatic carbocycles. The van der Waals surface area contributed by atoms with Crippen LogP contribution in [0.2, 0.25) is 0 Å². The summed E-state index contributed by atoms with van der Waals surface area (Å²) >= 11 is 0. The summed E-state index contributed by atoms with van der Waals surface area (Å²) in [6.45, 7) is 24.2. The summed E-state index contributed by atoms with van der Waals surface area (Å²) < 4.78 is 0. The van der Waals surface area contributed by atoms with E-state index in [9.17, 15) is 0 Å². The average molecular weight is 333 g/mol. The van der Waals surface area contributed by atoms with Gasteiger partial charge in [0, 0.05) is 0 Å². The Hall–Kier alpha value is -0.520. The largest absolute Gasteiger partial charge is 0.0698 e. The Morgan fingerprint density at radius 3 is 2.04 bits per heavy atom. The predicted octanol–water partition coefficient (Wildman–Crippen LogP) is 8.05. The van der Waals surface area contributed by atoms with Crippen LogP contribution in [0.1, 0.15) is 94.9 Å². The molecule has 4 unspecified atom stereocenters. The van der Waals surface area contributed by atoms with Crippen molar-refractivity contribution in [2.24, 2.45) is 35.5 Å². The lowest BCUT2D eigenvalue weighted by atomic mass is 9.69. The van der Waals surface area contributed by atoms with Crippen LogP contribution in [0.3, 0.4) is 0 Å². The first-order chi connectivity index (χ1) is 11.1. The van der Waals surface area contributed by atoms with E-state index in [0.717, 1.165) is 29.6 Å². The highest BCUT2D eigenvalue weighted by Gasteiger charge is 2.31. The van der Waals surface area contributed by atoms with Crippen LogP contribution < -0.4 is 0 Å². The molecule has 0 radical (unpaired) electrons. The van der Waals surface area contributed by atoms with Crippen molar-refractivity contribution >= 4 is 0 Å². The monoisotopic (exact) mass is 332 g/mol. The van der Waals surface area contributed by atoms with Crippen molar-refractivity contribution in [2.75, 3.05) is 0 Å². The number of hydrogen-bond acceptors (Lipinski definition) is 0. The van der Waals surface area contributed by atoms with Gasteiger partial charge in [-0.15, -0.1) is 0 Å². The topological polar surface area (TPSA) is 0 Å². The Morgan fingerprint density at radius 2 is 1.54 bits per heavy atom. The first kappa shape index (κ1) is 21.5. The van der Waals surface area contributed by atoms with Crippen LogP contribution in [0.5, 0.6) is 0 Å². The lowest BCUT2D eigenvalue weighted by molar-refractivity contribution is 0.162. The Balaban J connectivity index is 3.23.